The fourth-order valence-electron chi connectivity index (χ4n) is 4.06. The number of hydrogen-bond donors (Lipinski definition) is 0. The van der Waals surface area contributed by atoms with Crippen molar-refractivity contribution in [3.8, 4) is 17.0 Å². The Bertz CT molecular complexity index is 959. The number of methoxy groups -OCH3 is 1. The molecule has 2 heterocycles. The number of rotatable bonds is 5. The summed E-state index contributed by atoms with van der Waals surface area (Å²) in [5.74, 6) is 1.56. The first-order valence-corrected chi connectivity index (χ1v) is 10.1. The summed E-state index contributed by atoms with van der Waals surface area (Å²) in [4.78, 5) is 12.8. The van der Waals surface area contributed by atoms with Crippen molar-refractivity contribution in [3.63, 3.8) is 0 Å². The van der Waals surface area contributed by atoms with Crippen LogP contribution in [0.4, 0.5) is 0 Å². The Morgan fingerprint density at radius 1 is 1.26 bits per heavy atom. The molecule has 4 rings (SSSR count). The van der Waals surface area contributed by atoms with Crippen LogP contribution < -0.4 is 10.2 Å². The molecule has 1 unspecified atom stereocenters. The van der Waals surface area contributed by atoms with Gasteiger partial charge in [-0.15, -0.1) is 0 Å². The molecule has 1 aromatic carbocycles. The number of nitrogens with zero attached hydrogens (tertiary/aromatic N) is 1. The van der Waals surface area contributed by atoms with Crippen LogP contribution in [0, 0.1) is 0 Å². The second kappa shape index (κ2) is 7.12. The zero-order valence-corrected chi connectivity index (χ0v) is 16.9. The molecule has 0 amide bonds. The lowest BCUT2D eigenvalue weighted by atomic mass is 9.88. The fraction of sp³-hybridized carbons (Fsp3) is 0.455. The van der Waals surface area contributed by atoms with E-state index in [0.717, 1.165) is 29.8 Å². The lowest BCUT2D eigenvalue weighted by Crippen LogP contribution is -2.26. The van der Waals surface area contributed by atoms with Gasteiger partial charge in [-0.2, -0.15) is 0 Å². The molecule has 2 aromatic rings. The van der Waals surface area contributed by atoms with Gasteiger partial charge in [0.2, 0.25) is 0 Å². The van der Waals surface area contributed by atoms with E-state index in [1.54, 1.807) is 13.2 Å². The molecule has 1 saturated carbocycles. The number of benzene rings is 1. The van der Waals surface area contributed by atoms with E-state index in [1.807, 2.05) is 13.1 Å². The third-order valence-electron chi connectivity index (χ3n) is 5.64. The summed E-state index contributed by atoms with van der Waals surface area (Å²) < 4.78 is 13.3. The lowest BCUT2D eigenvalue weighted by molar-refractivity contribution is 0.337. The molecule has 0 saturated heterocycles. The number of ether oxygens (including phenoxy) is 2. The number of fused-ring (bicyclic) bond motifs is 3. The van der Waals surface area contributed by atoms with E-state index in [-0.39, 0.29) is 16.5 Å². The van der Waals surface area contributed by atoms with Crippen LogP contribution in [-0.4, -0.2) is 23.3 Å². The maximum absolute atomic E-state index is 12.8. The highest BCUT2D eigenvalue weighted by molar-refractivity contribution is 7.80. The third-order valence-corrected chi connectivity index (χ3v) is 5.98. The van der Waals surface area contributed by atoms with Crippen LogP contribution in [0.1, 0.15) is 61.8 Å². The molecule has 1 aliphatic carbocycles. The Morgan fingerprint density at radius 3 is 2.67 bits per heavy atom. The molecule has 0 radical (unpaired) electrons. The van der Waals surface area contributed by atoms with Gasteiger partial charge in [-0.1, -0.05) is 6.92 Å². The highest BCUT2D eigenvalue weighted by Crippen LogP contribution is 2.48. The summed E-state index contributed by atoms with van der Waals surface area (Å²) in [6.07, 6.45) is 6.21. The normalized spacial score (nSPS) is 17.8. The van der Waals surface area contributed by atoms with Gasteiger partial charge in [-0.05, 0) is 74.0 Å². The van der Waals surface area contributed by atoms with Gasteiger partial charge in [0.1, 0.15) is 5.75 Å². The summed E-state index contributed by atoms with van der Waals surface area (Å²) in [5.41, 5.74) is 5.04. The lowest BCUT2D eigenvalue weighted by Gasteiger charge is -2.31. The predicted molar refractivity (Wildman–Crippen MR) is 111 cm³/mol. The Labute approximate surface area is 165 Å². The zero-order chi connectivity index (χ0) is 19.1. The van der Waals surface area contributed by atoms with Crippen molar-refractivity contribution in [2.45, 2.75) is 51.5 Å². The minimum absolute atomic E-state index is 0.0776. The number of aromatic nitrogens is 1. The first-order chi connectivity index (χ1) is 13.1. The van der Waals surface area contributed by atoms with Crippen LogP contribution in [0.2, 0.25) is 0 Å². The Balaban J connectivity index is 1.89. The topological polar surface area (TPSA) is 40.5 Å². The fourth-order valence-corrected chi connectivity index (χ4v) is 4.33. The summed E-state index contributed by atoms with van der Waals surface area (Å²) in [6.45, 7) is 4.51. The van der Waals surface area contributed by atoms with Crippen LogP contribution in [0.3, 0.4) is 0 Å². The van der Waals surface area contributed by atoms with Gasteiger partial charge in [0, 0.05) is 23.9 Å². The Morgan fingerprint density at radius 2 is 2.04 bits per heavy atom. The third kappa shape index (κ3) is 3.18. The van der Waals surface area contributed by atoms with Crippen LogP contribution in [0.5, 0.6) is 5.75 Å². The summed E-state index contributed by atoms with van der Waals surface area (Å²) in [6, 6.07) is 6.43. The Hall–Kier alpha value is -2.14. The van der Waals surface area contributed by atoms with Crippen molar-refractivity contribution in [1.29, 1.82) is 0 Å². The SMILES string of the molecule is CCOC(=S)c1cn2c(cc1=O)-c1cc(C3CC3)c(OC)cc1CC2CC. The minimum Gasteiger partial charge on any atom is -0.496 e. The van der Waals surface area contributed by atoms with E-state index in [1.165, 1.54) is 24.0 Å². The molecular formula is C22H25NO3S. The quantitative estimate of drug-likeness (QED) is 0.707. The van der Waals surface area contributed by atoms with Crippen molar-refractivity contribution in [3.05, 3.63) is 51.3 Å². The van der Waals surface area contributed by atoms with E-state index >= 15 is 0 Å². The van der Waals surface area contributed by atoms with Gasteiger partial charge in [-0.25, -0.2) is 0 Å². The van der Waals surface area contributed by atoms with E-state index in [0.29, 0.717) is 18.1 Å². The zero-order valence-electron chi connectivity index (χ0n) is 16.1. The summed E-state index contributed by atoms with van der Waals surface area (Å²) in [7, 11) is 1.74. The van der Waals surface area contributed by atoms with Gasteiger partial charge < -0.3 is 14.0 Å². The number of pyridine rings is 1. The Kier molecular flexibility index (Phi) is 4.81. The van der Waals surface area contributed by atoms with Crippen molar-refractivity contribution < 1.29 is 9.47 Å². The standard InChI is InChI=1S/C22H25NO3S/c1-4-15-8-14-9-21(25-3)17(13-6-7-13)10-16(14)19-11-20(24)18(12-23(15)19)22(27)26-5-2/h9-13,15H,4-8H2,1-3H3. The molecule has 5 heteroatoms. The largest absolute Gasteiger partial charge is 0.496 e. The van der Waals surface area contributed by atoms with Crippen molar-refractivity contribution >= 4 is 17.3 Å². The van der Waals surface area contributed by atoms with E-state index in [2.05, 4.69) is 23.6 Å². The van der Waals surface area contributed by atoms with Crippen LogP contribution in [0.25, 0.3) is 11.3 Å². The monoisotopic (exact) mass is 383 g/mol. The number of thiocarbonyl (C=S) groups is 1. The summed E-state index contributed by atoms with van der Waals surface area (Å²) >= 11 is 5.31. The highest BCUT2D eigenvalue weighted by atomic mass is 32.1. The molecule has 142 valence electrons. The van der Waals surface area contributed by atoms with E-state index in [9.17, 15) is 4.79 Å². The molecule has 0 spiro atoms. The molecule has 2 aliphatic rings. The van der Waals surface area contributed by atoms with Crippen LogP contribution in [0.15, 0.2) is 29.2 Å². The maximum Gasteiger partial charge on any atom is 0.196 e. The van der Waals surface area contributed by atoms with Crippen LogP contribution >= 0.6 is 12.2 Å². The molecule has 27 heavy (non-hydrogen) atoms. The number of hydrogen-bond acceptors (Lipinski definition) is 4. The van der Waals surface area contributed by atoms with Gasteiger partial charge >= 0.3 is 0 Å². The smallest absolute Gasteiger partial charge is 0.196 e. The first-order valence-electron chi connectivity index (χ1n) is 9.71. The van der Waals surface area contributed by atoms with E-state index < -0.39 is 0 Å². The van der Waals surface area contributed by atoms with Crippen molar-refractivity contribution in [2.24, 2.45) is 0 Å². The van der Waals surface area contributed by atoms with Crippen molar-refractivity contribution in [2.75, 3.05) is 13.7 Å². The second-order valence-corrected chi connectivity index (χ2v) is 7.73. The molecule has 0 N–H and O–H groups in total. The first kappa shape index (κ1) is 18.2. The maximum atomic E-state index is 12.8. The molecule has 1 aliphatic heterocycles. The minimum atomic E-state index is -0.0776. The second-order valence-electron chi connectivity index (χ2n) is 7.36. The molecule has 4 nitrogen and oxygen atoms in total. The van der Waals surface area contributed by atoms with Gasteiger partial charge in [0.25, 0.3) is 0 Å². The van der Waals surface area contributed by atoms with Gasteiger partial charge in [-0.3, -0.25) is 4.79 Å². The molecule has 1 aromatic heterocycles. The molecule has 1 fully saturated rings. The average Bonchev–Trinajstić information content (AvgIpc) is 3.51. The molecule has 0 bridgehead atoms. The summed E-state index contributed by atoms with van der Waals surface area (Å²) in [5, 5.41) is 0.284. The average molecular weight is 384 g/mol. The highest BCUT2D eigenvalue weighted by Gasteiger charge is 2.31. The van der Waals surface area contributed by atoms with Gasteiger partial charge in [0.15, 0.2) is 10.5 Å². The molecular weight excluding hydrogens is 358 g/mol. The molecule has 1 atom stereocenters. The van der Waals surface area contributed by atoms with E-state index in [4.69, 9.17) is 21.7 Å². The van der Waals surface area contributed by atoms with Gasteiger partial charge in [0.05, 0.1) is 25.0 Å². The van der Waals surface area contributed by atoms with Crippen molar-refractivity contribution in [1.82, 2.24) is 4.57 Å². The predicted octanol–water partition coefficient (Wildman–Crippen LogP) is 4.62. The van der Waals surface area contributed by atoms with Crippen LogP contribution in [-0.2, 0) is 11.2 Å².